The minimum absolute atomic E-state index is 0.205. The number of carbonyl (C=O) groups is 1. The van der Waals surface area contributed by atoms with E-state index in [1.807, 2.05) is 48.5 Å². The van der Waals surface area contributed by atoms with Crippen molar-refractivity contribution in [3.63, 3.8) is 0 Å². The molecule has 1 N–H and O–H groups in total. The minimum atomic E-state index is -0.205. The van der Waals surface area contributed by atoms with Crippen molar-refractivity contribution in [2.45, 2.75) is 0 Å². The van der Waals surface area contributed by atoms with Gasteiger partial charge in [-0.05, 0) is 66.7 Å². The van der Waals surface area contributed by atoms with Crippen LogP contribution in [-0.4, -0.2) is 32.2 Å². The minimum Gasteiger partial charge on any atom is -0.497 e. The molecule has 1 amide bonds. The molecule has 6 nitrogen and oxygen atoms in total. The Bertz CT molecular complexity index is 1220. The van der Waals surface area contributed by atoms with E-state index in [9.17, 15) is 4.79 Å². The Kier molecular flexibility index (Phi) is 5.71. The molecule has 0 saturated carbocycles. The molecule has 0 aliphatic rings. The fraction of sp³-hybridized carbons (Fsp3) is 0.120. The van der Waals surface area contributed by atoms with Crippen LogP contribution in [0.2, 0.25) is 0 Å². The fourth-order valence-electron chi connectivity index (χ4n) is 3.30. The standard InChI is InChI=1S/C25H22N2O4/c1-29-19-9-4-16(5-10-19)23-15-24(31-3)21-14-18(8-13-22(21)27-23)26-25(28)17-6-11-20(30-2)12-7-17/h4-15H,1-3H3,(H,26,28). The van der Waals surface area contributed by atoms with E-state index in [0.29, 0.717) is 22.7 Å². The first kappa shape index (κ1) is 20.2. The molecule has 0 fully saturated rings. The number of anilines is 1. The van der Waals surface area contributed by atoms with Gasteiger partial charge in [0.2, 0.25) is 0 Å². The van der Waals surface area contributed by atoms with Crippen molar-refractivity contribution in [3.05, 3.63) is 78.4 Å². The lowest BCUT2D eigenvalue weighted by atomic mass is 10.1. The van der Waals surface area contributed by atoms with E-state index in [1.165, 1.54) is 0 Å². The number of carbonyl (C=O) groups excluding carboxylic acids is 1. The Morgan fingerprint density at radius 3 is 2.03 bits per heavy atom. The van der Waals surface area contributed by atoms with Crippen LogP contribution in [0.15, 0.2) is 72.8 Å². The van der Waals surface area contributed by atoms with Crippen molar-refractivity contribution < 1.29 is 19.0 Å². The number of hydrogen-bond donors (Lipinski definition) is 1. The molecule has 0 atom stereocenters. The van der Waals surface area contributed by atoms with E-state index < -0.39 is 0 Å². The zero-order valence-electron chi connectivity index (χ0n) is 17.5. The Balaban J connectivity index is 1.64. The first-order valence-electron chi connectivity index (χ1n) is 9.70. The Morgan fingerprint density at radius 2 is 1.42 bits per heavy atom. The fourth-order valence-corrected chi connectivity index (χ4v) is 3.30. The number of rotatable bonds is 6. The maximum Gasteiger partial charge on any atom is 0.255 e. The second kappa shape index (κ2) is 8.75. The first-order chi connectivity index (χ1) is 15.1. The molecular weight excluding hydrogens is 392 g/mol. The van der Waals surface area contributed by atoms with Crippen LogP contribution in [0.1, 0.15) is 10.4 Å². The molecule has 1 heterocycles. The summed E-state index contributed by atoms with van der Waals surface area (Å²) in [5.41, 5.74) is 3.72. The second-order valence-corrected chi connectivity index (χ2v) is 6.85. The van der Waals surface area contributed by atoms with Gasteiger partial charge in [0.1, 0.15) is 17.2 Å². The highest BCUT2D eigenvalue weighted by molar-refractivity contribution is 6.05. The van der Waals surface area contributed by atoms with Crippen LogP contribution in [0.3, 0.4) is 0 Å². The lowest BCUT2D eigenvalue weighted by Gasteiger charge is -2.12. The third kappa shape index (κ3) is 4.28. The van der Waals surface area contributed by atoms with Gasteiger partial charge in [-0.2, -0.15) is 0 Å². The van der Waals surface area contributed by atoms with E-state index >= 15 is 0 Å². The van der Waals surface area contributed by atoms with Crippen molar-refractivity contribution in [2.75, 3.05) is 26.6 Å². The summed E-state index contributed by atoms with van der Waals surface area (Å²) in [5, 5.41) is 3.73. The molecule has 4 rings (SSSR count). The van der Waals surface area contributed by atoms with E-state index in [2.05, 4.69) is 5.32 Å². The summed E-state index contributed by atoms with van der Waals surface area (Å²) in [4.78, 5) is 17.3. The Morgan fingerprint density at radius 1 is 0.774 bits per heavy atom. The number of hydrogen-bond acceptors (Lipinski definition) is 5. The number of fused-ring (bicyclic) bond motifs is 1. The number of pyridine rings is 1. The van der Waals surface area contributed by atoms with E-state index in [0.717, 1.165) is 27.9 Å². The number of methoxy groups -OCH3 is 3. The summed E-state index contributed by atoms with van der Waals surface area (Å²) in [6, 6.07) is 22.1. The molecule has 6 heteroatoms. The molecule has 0 aliphatic heterocycles. The van der Waals surface area contributed by atoms with Crippen LogP contribution in [0, 0.1) is 0 Å². The summed E-state index contributed by atoms with van der Waals surface area (Å²) in [7, 11) is 4.85. The number of nitrogens with one attached hydrogen (secondary N) is 1. The average molecular weight is 414 g/mol. The molecule has 1 aromatic heterocycles. The monoisotopic (exact) mass is 414 g/mol. The van der Waals surface area contributed by atoms with Gasteiger partial charge in [0.05, 0.1) is 32.5 Å². The molecule has 4 aromatic rings. The lowest BCUT2D eigenvalue weighted by Crippen LogP contribution is -2.11. The summed E-state index contributed by atoms with van der Waals surface area (Å²) < 4.78 is 16.0. The van der Waals surface area contributed by atoms with Gasteiger partial charge in [0.25, 0.3) is 5.91 Å². The largest absolute Gasteiger partial charge is 0.497 e. The molecule has 0 radical (unpaired) electrons. The van der Waals surface area contributed by atoms with Gasteiger partial charge in [-0.25, -0.2) is 4.98 Å². The van der Waals surface area contributed by atoms with Crippen molar-refractivity contribution in [1.82, 2.24) is 4.98 Å². The molecule has 3 aromatic carbocycles. The van der Waals surface area contributed by atoms with Gasteiger partial charge in [0.15, 0.2) is 0 Å². The van der Waals surface area contributed by atoms with E-state index in [4.69, 9.17) is 19.2 Å². The zero-order chi connectivity index (χ0) is 21.8. The normalized spacial score (nSPS) is 10.5. The first-order valence-corrected chi connectivity index (χ1v) is 9.70. The molecule has 0 bridgehead atoms. The van der Waals surface area contributed by atoms with Gasteiger partial charge < -0.3 is 19.5 Å². The van der Waals surface area contributed by atoms with Gasteiger partial charge in [0, 0.05) is 28.3 Å². The molecule has 31 heavy (non-hydrogen) atoms. The lowest BCUT2D eigenvalue weighted by molar-refractivity contribution is 0.102. The maximum atomic E-state index is 12.6. The summed E-state index contributed by atoms with van der Waals surface area (Å²) in [5.74, 6) is 1.96. The van der Waals surface area contributed by atoms with Crippen LogP contribution < -0.4 is 19.5 Å². The highest BCUT2D eigenvalue weighted by Crippen LogP contribution is 2.32. The summed E-state index contributed by atoms with van der Waals surface area (Å²) in [6.07, 6.45) is 0. The topological polar surface area (TPSA) is 69.7 Å². The van der Waals surface area contributed by atoms with Gasteiger partial charge in [-0.15, -0.1) is 0 Å². The molecular formula is C25H22N2O4. The van der Waals surface area contributed by atoms with Crippen molar-refractivity contribution in [3.8, 4) is 28.5 Å². The molecule has 0 unspecified atom stereocenters. The molecule has 0 saturated heterocycles. The van der Waals surface area contributed by atoms with Gasteiger partial charge >= 0.3 is 0 Å². The second-order valence-electron chi connectivity index (χ2n) is 6.85. The third-order valence-corrected chi connectivity index (χ3v) is 4.99. The van der Waals surface area contributed by atoms with Crippen LogP contribution in [-0.2, 0) is 0 Å². The Hall–Kier alpha value is -4.06. The molecule has 0 aliphatic carbocycles. The van der Waals surface area contributed by atoms with Crippen LogP contribution in [0.4, 0.5) is 5.69 Å². The zero-order valence-corrected chi connectivity index (χ0v) is 17.5. The predicted molar refractivity (Wildman–Crippen MR) is 121 cm³/mol. The van der Waals surface area contributed by atoms with Crippen LogP contribution >= 0.6 is 0 Å². The summed E-state index contributed by atoms with van der Waals surface area (Å²) in [6.45, 7) is 0. The highest BCUT2D eigenvalue weighted by Gasteiger charge is 2.11. The van der Waals surface area contributed by atoms with E-state index in [1.54, 1.807) is 45.6 Å². The third-order valence-electron chi connectivity index (χ3n) is 4.99. The van der Waals surface area contributed by atoms with Crippen LogP contribution in [0.5, 0.6) is 17.2 Å². The van der Waals surface area contributed by atoms with Crippen molar-refractivity contribution in [1.29, 1.82) is 0 Å². The van der Waals surface area contributed by atoms with Crippen molar-refractivity contribution in [2.24, 2.45) is 0 Å². The summed E-state index contributed by atoms with van der Waals surface area (Å²) >= 11 is 0. The quantitative estimate of drug-likeness (QED) is 0.471. The smallest absolute Gasteiger partial charge is 0.255 e. The molecule has 0 spiro atoms. The Labute approximate surface area is 180 Å². The van der Waals surface area contributed by atoms with Crippen LogP contribution in [0.25, 0.3) is 22.2 Å². The average Bonchev–Trinajstić information content (AvgIpc) is 2.83. The molecule has 156 valence electrons. The number of aromatic nitrogens is 1. The number of amides is 1. The number of benzene rings is 3. The number of ether oxygens (including phenoxy) is 3. The SMILES string of the molecule is COc1ccc(C(=O)Nc2ccc3nc(-c4ccc(OC)cc4)cc(OC)c3c2)cc1. The highest BCUT2D eigenvalue weighted by atomic mass is 16.5. The maximum absolute atomic E-state index is 12.6. The van der Waals surface area contributed by atoms with Gasteiger partial charge in [-0.1, -0.05) is 0 Å². The van der Waals surface area contributed by atoms with E-state index in [-0.39, 0.29) is 5.91 Å². The van der Waals surface area contributed by atoms with Gasteiger partial charge in [-0.3, -0.25) is 4.79 Å². The van der Waals surface area contributed by atoms with Crippen molar-refractivity contribution >= 4 is 22.5 Å². The predicted octanol–water partition coefficient (Wildman–Crippen LogP) is 5.18. The number of nitrogens with zero attached hydrogens (tertiary/aromatic N) is 1.